The average molecular weight is 282 g/mol. The van der Waals surface area contributed by atoms with Gasteiger partial charge >= 0.3 is 5.97 Å². The van der Waals surface area contributed by atoms with Gasteiger partial charge in [0.25, 0.3) is 0 Å². The summed E-state index contributed by atoms with van der Waals surface area (Å²) in [5.74, 6) is -0.196. The summed E-state index contributed by atoms with van der Waals surface area (Å²) in [5, 5.41) is 5.35. The van der Waals surface area contributed by atoms with Gasteiger partial charge in [0.2, 0.25) is 0 Å². The minimum Gasteiger partial charge on any atom is -0.469 e. The molecule has 2 heterocycles. The van der Waals surface area contributed by atoms with Gasteiger partial charge in [0.15, 0.2) is 0 Å². The molecule has 18 heavy (non-hydrogen) atoms. The number of thiazole rings is 1. The fraction of sp³-hybridized carbons (Fsp3) is 0.333. The molecule has 0 aromatic carbocycles. The van der Waals surface area contributed by atoms with Crippen molar-refractivity contribution in [2.45, 2.75) is 19.5 Å². The summed E-state index contributed by atoms with van der Waals surface area (Å²) in [6.07, 6.45) is 0.354. The van der Waals surface area contributed by atoms with Gasteiger partial charge in [-0.05, 0) is 12.1 Å². The minimum absolute atomic E-state index is 0.196. The van der Waals surface area contributed by atoms with Crippen LogP contribution in [0.5, 0.6) is 0 Å². The number of carbonyl (C=O) groups excluding carboxylic acids is 1. The van der Waals surface area contributed by atoms with Crippen molar-refractivity contribution in [1.29, 1.82) is 0 Å². The van der Waals surface area contributed by atoms with Crippen molar-refractivity contribution in [2.24, 2.45) is 0 Å². The first-order valence-electron chi connectivity index (χ1n) is 5.50. The third kappa shape index (κ3) is 3.90. The van der Waals surface area contributed by atoms with Crippen LogP contribution in [0.4, 0.5) is 0 Å². The van der Waals surface area contributed by atoms with Gasteiger partial charge in [0, 0.05) is 28.2 Å². The van der Waals surface area contributed by atoms with Crippen molar-refractivity contribution in [3.63, 3.8) is 0 Å². The maximum atomic E-state index is 11.1. The lowest BCUT2D eigenvalue weighted by molar-refractivity contribution is -0.139. The Morgan fingerprint density at radius 3 is 2.94 bits per heavy atom. The SMILES string of the molecule is COC(=O)Cc1ccc(CNCc2cscn2)s1. The number of rotatable bonds is 6. The molecule has 0 aliphatic heterocycles. The number of carbonyl (C=O) groups is 1. The van der Waals surface area contributed by atoms with Crippen molar-refractivity contribution in [1.82, 2.24) is 10.3 Å². The molecule has 0 radical (unpaired) electrons. The zero-order chi connectivity index (χ0) is 12.8. The second-order valence-electron chi connectivity index (χ2n) is 3.70. The van der Waals surface area contributed by atoms with E-state index in [0.717, 1.165) is 23.7 Å². The second kappa shape index (κ2) is 6.63. The van der Waals surface area contributed by atoms with E-state index in [1.165, 1.54) is 12.0 Å². The van der Waals surface area contributed by atoms with Crippen LogP contribution in [0.1, 0.15) is 15.4 Å². The van der Waals surface area contributed by atoms with Gasteiger partial charge in [-0.1, -0.05) is 0 Å². The van der Waals surface area contributed by atoms with Gasteiger partial charge in [0.05, 0.1) is 24.7 Å². The lowest BCUT2D eigenvalue weighted by Gasteiger charge is -1.99. The number of aromatic nitrogens is 1. The molecule has 2 rings (SSSR count). The number of thiophene rings is 1. The van der Waals surface area contributed by atoms with E-state index in [4.69, 9.17) is 0 Å². The van der Waals surface area contributed by atoms with Gasteiger partial charge in [0.1, 0.15) is 0 Å². The van der Waals surface area contributed by atoms with Crippen molar-refractivity contribution >= 4 is 28.6 Å². The number of hydrogen-bond donors (Lipinski definition) is 1. The summed E-state index contributed by atoms with van der Waals surface area (Å²) in [7, 11) is 1.41. The topological polar surface area (TPSA) is 51.2 Å². The molecule has 0 saturated heterocycles. The van der Waals surface area contributed by atoms with Crippen molar-refractivity contribution in [3.8, 4) is 0 Å². The molecule has 6 heteroatoms. The van der Waals surface area contributed by atoms with Crippen LogP contribution < -0.4 is 5.32 Å². The zero-order valence-electron chi connectivity index (χ0n) is 10.0. The Kier molecular flexibility index (Phi) is 4.86. The van der Waals surface area contributed by atoms with Gasteiger partial charge in [-0.3, -0.25) is 4.79 Å². The van der Waals surface area contributed by atoms with E-state index >= 15 is 0 Å². The molecule has 4 nitrogen and oxygen atoms in total. The number of hydrogen-bond acceptors (Lipinski definition) is 6. The Morgan fingerprint density at radius 2 is 2.22 bits per heavy atom. The van der Waals surface area contributed by atoms with Gasteiger partial charge in [-0.25, -0.2) is 4.98 Å². The minimum atomic E-state index is -0.196. The number of nitrogens with zero attached hydrogens (tertiary/aromatic N) is 1. The molecule has 96 valence electrons. The maximum absolute atomic E-state index is 11.1. The smallest absolute Gasteiger partial charge is 0.310 e. The zero-order valence-corrected chi connectivity index (χ0v) is 11.6. The highest BCUT2D eigenvalue weighted by molar-refractivity contribution is 7.12. The molecular formula is C12H14N2O2S2. The number of esters is 1. The lowest BCUT2D eigenvalue weighted by atomic mass is 10.3. The molecule has 2 aromatic heterocycles. The highest BCUT2D eigenvalue weighted by atomic mass is 32.1. The molecular weight excluding hydrogens is 268 g/mol. The first kappa shape index (κ1) is 13.2. The number of nitrogens with one attached hydrogen (secondary N) is 1. The molecule has 0 saturated carbocycles. The molecule has 0 unspecified atom stereocenters. The standard InChI is InChI=1S/C12H14N2O2S2/c1-16-12(15)4-10-2-3-11(18-10)6-13-5-9-7-17-8-14-9/h2-3,7-8,13H,4-6H2,1H3. The van der Waals surface area contributed by atoms with Crippen LogP contribution >= 0.6 is 22.7 Å². The Morgan fingerprint density at radius 1 is 1.39 bits per heavy atom. The van der Waals surface area contributed by atoms with E-state index in [-0.39, 0.29) is 5.97 Å². The summed E-state index contributed by atoms with van der Waals surface area (Å²) in [6, 6.07) is 4.01. The first-order chi connectivity index (χ1) is 8.78. The van der Waals surface area contributed by atoms with E-state index in [1.54, 1.807) is 22.7 Å². The molecule has 0 bridgehead atoms. The van der Waals surface area contributed by atoms with E-state index in [0.29, 0.717) is 6.42 Å². The molecule has 0 amide bonds. The van der Waals surface area contributed by atoms with Gasteiger partial charge in [-0.2, -0.15) is 0 Å². The fourth-order valence-corrected chi connectivity index (χ4v) is 3.00. The highest BCUT2D eigenvalue weighted by Gasteiger charge is 2.06. The van der Waals surface area contributed by atoms with Crippen LogP contribution in [0.25, 0.3) is 0 Å². The molecule has 0 fully saturated rings. The van der Waals surface area contributed by atoms with Crippen LogP contribution in [-0.2, 0) is 29.0 Å². The summed E-state index contributed by atoms with van der Waals surface area (Å²) < 4.78 is 4.64. The van der Waals surface area contributed by atoms with Crippen molar-refractivity contribution in [2.75, 3.05) is 7.11 Å². The fourth-order valence-electron chi connectivity index (χ4n) is 1.47. The summed E-state index contributed by atoms with van der Waals surface area (Å²) in [6.45, 7) is 1.57. The van der Waals surface area contributed by atoms with Crippen LogP contribution in [0.2, 0.25) is 0 Å². The molecule has 0 spiro atoms. The van der Waals surface area contributed by atoms with Gasteiger partial charge in [-0.15, -0.1) is 22.7 Å². The normalized spacial score (nSPS) is 10.5. The Hall–Kier alpha value is -1.24. The third-order valence-corrected chi connectivity index (χ3v) is 4.07. The first-order valence-corrected chi connectivity index (χ1v) is 7.26. The van der Waals surface area contributed by atoms with Crippen LogP contribution in [-0.4, -0.2) is 18.1 Å². The van der Waals surface area contributed by atoms with E-state index in [9.17, 15) is 4.79 Å². The second-order valence-corrected chi connectivity index (χ2v) is 5.68. The van der Waals surface area contributed by atoms with E-state index in [2.05, 4.69) is 15.0 Å². The molecule has 1 N–H and O–H groups in total. The number of methoxy groups -OCH3 is 1. The molecule has 0 aliphatic rings. The molecule has 0 atom stereocenters. The third-order valence-electron chi connectivity index (χ3n) is 2.35. The quantitative estimate of drug-likeness (QED) is 0.825. The van der Waals surface area contributed by atoms with Crippen molar-refractivity contribution in [3.05, 3.63) is 38.5 Å². The van der Waals surface area contributed by atoms with Gasteiger partial charge < -0.3 is 10.1 Å². The van der Waals surface area contributed by atoms with Crippen molar-refractivity contribution < 1.29 is 9.53 Å². The van der Waals surface area contributed by atoms with Crippen LogP contribution in [0.15, 0.2) is 23.0 Å². The van der Waals surface area contributed by atoms with E-state index < -0.39 is 0 Å². The summed E-state index contributed by atoms with van der Waals surface area (Å²) >= 11 is 3.23. The maximum Gasteiger partial charge on any atom is 0.310 e. The molecule has 2 aromatic rings. The summed E-state index contributed by atoms with van der Waals surface area (Å²) in [5.41, 5.74) is 2.89. The van der Waals surface area contributed by atoms with E-state index in [1.807, 2.05) is 23.0 Å². The average Bonchev–Trinajstić information content (AvgIpc) is 3.01. The monoisotopic (exact) mass is 282 g/mol. The largest absolute Gasteiger partial charge is 0.469 e. The Bertz CT molecular complexity index is 494. The predicted octanol–water partition coefficient (Wildman–Crippen LogP) is 2.21. The number of ether oxygens (including phenoxy) is 1. The Balaban J connectivity index is 1.78. The Labute approximate surface area is 114 Å². The van der Waals surface area contributed by atoms with Crippen LogP contribution in [0.3, 0.4) is 0 Å². The predicted molar refractivity (Wildman–Crippen MR) is 72.7 cm³/mol. The van der Waals surface area contributed by atoms with Crippen LogP contribution in [0, 0.1) is 0 Å². The summed E-state index contributed by atoms with van der Waals surface area (Å²) in [4.78, 5) is 17.6. The highest BCUT2D eigenvalue weighted by Crippen LogP contribution is 2.17. The molecule has 0 aliphatic carbocycles. The lowest BCUT2D eigenvalue weighted by Crippen LogP contribution is -2.11.